The van der Waals surface area contributed by atoms with Crippen LogP contribution in [0.1, 0.15) is 18.9 Å². The van der Waals surface area contributed by atoms with Gasteiger partial charge in [-0.3, -0.25) is 19.9 Å². The van der Waals surface area contributed by atoms with Gasteiger partial charge in [0.1, 0.15) is 4.75 Å². The van der Waals surface area contributed by atoms with Crippen LogP contribution in [0.3, 0.4) is 0 Å². The first-order valence-corrected chi connectivity index (χ1v) is 7.41. The predicted octanol–water partition coefficient (Wildman–Crippen LogP) is 1.39. The van der Waals surface area contributed by atoms with Gasteiger partial charge in [0.25, 0.3) is 5.69 Å². The number of nitrogens with two attached hydrogens (primary N) is 2. The van der Waals surface area contributed by atoms with E-state index in [0.717, 1.165) is 17.8 Å². The molecule has 1 saturated carbocycles. The average Bonchev–Trinajstić information content (AvgIpc) is 3.18. The second-order valence-electron chi connectivity index (χ2n) is 5.76. The Balaban J connectivity index is 2.20. The summed E-state index contributed by atoms with van der Waals surface area (Å²) >= 11 is 0.992. The molecule has 1 aromatic carbocycles. The Kier molecular flexibility index (Phi) is 3.15. The van der Waals surface area contributed by atoms with E-state index in [1.807, 2.05) is 0 Å². The number of benzene rings is 1. The number of thioether (sulfide) groups is 1. The zero-order valence-corrected chi connectivity index (χ0v) is 12.7. The summed E-state index contributed by atoms with van der Waals surface area (Å²) in [6.45, 7) is 1.47. The van der Waals surface area contributed by atoms with Gasteiger partial charge in [-0.1, -0.05) is 11.8 Å². The van der Waals surface area contributed by atoms with E-state index in [2.05, 4.69) is 4.99 Å². The fraction of sp³-hybridized carbons (Fsp3) is 0.385. The lowest BCUT2D eigenvalue weighted by molar-refractivity contribution is -0.385. The fourth-order valence-electron chi connectivity index (χ4n) is 3.15. The SMILES string of the molecule is C[C@]1(c2cc([N+](=O)[O-])cc(F)c2F)N=C(N)S[C@@]2(C(N)=O)CC21. The Morgan fingerprint density at radius 1 is 1.52 bits per heavy atom. The second kappa shape index (κ2) is 4.63. The van der Waals surface area contributed by atoms with Crippen molar-refractivity contribution in [2.24, 2.45) is 22.4 Å². The molecular formula is C13H12F2N4O3S. The van der Waals surface area contributed by atoms with Crippen LogP contribution in [-0.4, -0.2) is 20.7 Å². The summed E-state index contributed by atoms with van der Waals surface area (Å²) in [6, 6.07) is 1.43. The van der Waals surface area contributed by atoms with Gasteiger partial charge in [-0.15, -0.1) is 0 Å². The molecule has 7 nitrogen and oxygen atoms in total. The molecule has 122 valence electrons. The molecular weight excluding hydrogens is 330 g/mol. The van der Waals surface area contributed by atoms with Crippen LogP contribution >= 0.6 is 11.8 Å². The molecule has 1 amide bonds. The van der Waals surface area contributed by atoms with Crippen LogP contribution in [0.25, 0.3) is 0 Å². The molecule has 1 aliphatic heterocycles. The van der Waals surface area contributed by atoms with Crippen LogP contribution in [0.5, 0.6) is 0 Å². The van der Waals surface area contributed by atoms with Crippen molar-refractivity contribution in [2.75, 3.05) is 0 Å². The zero-order chi connectivity index (χ0) is 17.2. The van der Waals surface area contributed by atoms with Gasteiger partial charge >= 0.3 is 0 Å². The maximum atomic E-state index is 14.3. The predicted molar refractivity (Wildman–Crippen MR) is 79.6 cm³/mol. The minimum atomic E-state index is -1.40. The summed E-state index contributed by atoms with van der Waals surface area (Å²) in [7, 11) is 0. The molecule has 0 radical (unpaired) electrons. The third kappa shape index (κ3) is 2.08. The summed E-state index contributed by atoms with van der Waals surface area (Å²) in [4.78, 5) is 26.0. The van der Waals surface area contributed by atoms with Gasteiger partial charge in [0, 0.05) is 17.5 Å². The number of aliphatic imine (C=N–C) groups is 1. The normalized spacial score (nSPS) is 32.0. The quantitative estimate of drug-likeness (QED) is 0.634. The van der Waals surface area contributed by atoms with Crippen LogP contribution < -0.4 is 11.5 Å². The Morgan fingerprint density at radius 3 is 2.74 bits per heavy atom. The second-order valence-corrected chi connectivity index (χ2v) is 7.11. The van der Waals surface area contributed by atoms with Crippen LogP contribution in [0.2, 0.25) is 0 Å². The third-order valence-corrected chi connectivity index (χ3v) is 5.72. The van der Waals surface area contributed by atoms with E-state index in [1.54, 1.807) is 0 Å². The van der Waals surface area contributed by atoms with Crippen molar-refractivity contribution < 1.29 is 18.5 Å². The number of carbonyl (C=O) groups is 1. The molecule has 0 saturated heterocycles. The van der Waals surface area contributed by atoms with Crippen LogP contribution in [0.15, 0.2) is 17.1 Å². The van der Waals surface area contributed by atoms with E-state index >= 15 is 0 Å². The van der Waals surface area contributed by atoms with Crippen molar-refractivity contribution in [3.63, 3.8) is 0 Å². The molecule has 3 atom stereocenters. The lowest BCUT2D eigenvalue weighted by Crippen LogP contribution is -2.42. The summed E-state index contributed by atoms with van der Waals surface area (Å²) in [6.07, 6.45) is 0.289. The van der Waals surface area contributed by atoms with Gasteiger partial charge in [0.2, 0.25) is 5.91 Å². The van der Waals surface area contributed by atoms with Gasteiger partial charge in [0.15, 0.2) is 16.8 Å². The smallest absolute Gasteiger partial charge is 0.272 e. The molecule has 3 rings (SSSR count). The highest BCUT2D eigenvalue weighted by Gasteiger charge is 2.70. The third-order valence-electron chi connectivity index (χ3n) is 4.40. The highest BCUT2D eigenvalue weighted by molar-refractivity contribution is 8.15. The molecule has 0 bridgehead atoms. The lowest BCUT2D eigenvalue weighted by atomic mass is 9.85. The summed E-state index contributed by atoms with van der Waals surface area (Å²) < 4.78 is 27.0. The number of hydrogen-bond acceptors (Lipinski definition) is 6. The summed E-state index contributed by atoms with van der Waals surface area (Å²) in [5.74, 6) is -3.73. The van der Waals surface area contributed by atoms with Crippen molar-refractivity contribution in [3.05, 3.63) is 39.4 Å². The van der Waals surface area contributed by atoms with Gasteiger partial charge in [-0.25, -0.2) is 8.78 Å². The largest absolute Gasteiger partial charge is 0.378 e. The van der Waals surface area contributed by atoms with Crippen molar-refractivity contribution in [3.8, 4) is 0 Å². The number of amides is 1. The molecule has 1 fully saturated rings. The molecule has 0 spiro atoms. The fourth-order valence-corrected chi connectivity index (χ4v) is 4.48. The number of carbonyl (C=O) groups excluding carboxylic acids is 1. The highest BCUT2D eigenvalue weighted by Crippen LogP contribution is 2.65. The Morgan fingerprint density at radius 2 is 2.17 bits per heavy atom. The minimum absolute atomic E-state index is 0.00589. The Labute approximate surface area is 133 Å². The Bertz CT molecular complexity index is 787. The number of halogens is 2. The number of primary amides is 1. The first-order chi connectivity index (χ1) is 10.6. The van der Waals surface area contributed by atoms with Crippen LogP contribution in [0, 0.1) is 27.7 Å². The van der Waals surface area contributed by atoms with Gasteiger partial charge in [-0.05, 0) is 13.3 Å². The minimum Gasteiger partial charge on any atom is -0.378 e. The topological polar surface area (TPSA) is 125 Å². The number of hydrogen-bond donors (Lipinski definition) is 2. The standard InChI is InChI=1S/C13H12F2N4O3S/c1-12(6-2-5(19(21)22)3-7(14)9(6)15)8-4-13(8,10(16)20)23-11(17)18-12/h2-3,8H,4H2,1H3,(H2,16,20)(H2,17,18)/t8?,12-,13+/m1/s1. The number of fused-ring (bicyclic) bond motifs is 1. The van der Waals surface area contributed by atoms with E-state index in [4.69, 9.17) is 11.5 Å². The van der Waals surface area contributed by atoms with Crippen LogP contribution in [-0.2, 0) is 10.3 Å². The number of nitro benzene ring substituents is 1. The van der Waals surface area contributed by atoms with Crippen LogP contribution in [0.4, 0.5) is 14.5 Å². The summed E-state index contributed by atoms with van der Waals surface area (Å²) in [5, 5.41) is 10.9. The van der Waals surface area contributed by atoms with E-state index in [-0.39, 0.29) is 17.2 Å². The van der Waals surface area contributed by atoms with Crippen molar-refractivity contribution >= 4 is 28.5 Å². The van der Waals surface area contributed by atoms with Gasteiger partial charge in [-0.2, -0.15) is 0 Å². The first kappa shape index (κ1) is 15.7. The number of amidine groups is 1. The number of non-ortho nitro benzene ring substituents is 1. The highest BCUT2D eigenvalue weighted by atomic mass is 32.2. The molecule has 1 heterocycles. The van der Waals surface area contributed by atoms with Gasteiger partial charge < -0.3 is 11.5 Å². The maximum absolute atomic E-state index is 14.3. The molecule has 10 heteroatoms. The van der Waals surface area contributed by atoms with E-state index in [1.165, 1.54) is 6.92 Å². The molecule has 1 unspecified atom stereocenters. The number of nitro groups is 1. The molecule has 1 aliphatic carbocycles. The maximum Gasteiger partial charge on any atom is 0.272 e. The first-order valence-electron chi connectivity index (χ1n) is 6.60. The number of rotatable bonds is 3. The van der Waals surface area contributed by atoms with Crippen molar-refractivity contribution in [2.45, 2.75) is 23.6 Å². The lowest BCUT2D eigenvalue weighted by Gasteiger charge is -2.33. The zero-order valence-electron chi connectivity index (χ0n) is 11.9. The molecule has 4 N–H and O–H groups in total. The molecule has 1 aromatic rings. The van der Waals surface area contributed by atoms with Crippen molar-refractivity contribution in [1.82, 2.24) is 0 Å². The monoisotopic (exact) mass is 342 g/mol. The van der Waals surface area contributed by atoms with E-state index in [9.17, 15) is 23.7 Å². The average molecular weight is 342 g/mol. The molecule has 23 heavy (non-hydrogen) atoms. The van der Waals surface area contributed by atoms with E-state index < -0.39 is 44.4 Å². The van der Waals surface area contributed by atoms with E-state index in [0.29, 0.717) is 6.07 Å². The molecule has 2 aliphatic rings. The van der Waals surface area contributed by atoms with Gasteiger partial charge in [0.05, 0.1) is 16.5 Å². The molecule has 0 aromatic heterocycles. The summed E-state index contributed by atoms with van der Waals surface area (Å²) in [5.41, 5.74) is 8.83. The van der Waals surface area contributed by atoms with Crippen molar-refractivity contribution in [1.29, 1.82) is 0 Å². The number of nitrogens with zero attached hydrogens (tertiary/aromatic N) is 2. The Hall–Kier alpha value is -2.23.